The average Bonchev–Trinajstić information content (AvgIpc) is 2.38. The van der Waals surface area contributed by atoms with Gasteiger partial charge in [0, 0.05) is 4.90 Å². The van der Waals surface area contributed by atoms with Gasteiger partial charge in [-0.05, 0) is 31.9 Å². The van der Waals surface area contributed by atoms with Crippen molar-refractivity contribution in [2.45, 2.75) is 40.6 Å². The Morgan fingerprint density at radius 1 is 1.45 bits per heavy atom. The summed E-state index contributed by atoms with van der Waals surface area (Å²) in [4.78, 5) is 0.501. The van der Waals surface area contributed by atoms with Crippen LogP contribution in [0.15, 0.2) is 41.8 Å². The Labute approximate surface area is 131 Å². The minimum absolute atomic E-state index is 0.274. The maximum absolute atomic E-state index is 13.5. The van der Waals surface area contributed by atoms with Gasteiger partial charge in [-0.25, -0.2) is 4.39 Å². The fourth-order valence-corrected chi connectivity index (χ4v) is 3.70. The van der Waals surface area contributed by atoms with E-state index in [1.165, 1.54) is 0 Å². The molecule has 0 amide bonds. The lowest BCUT2D eigenvalue weighted by Crippen LogP contribution is -2.40. The van der Waals surface area contributed by atoms with E-state index >= 15 is 0 Å². The number of aliphatic hydroxyl groups is 1. The number of rotatable bonds is 7. The van der Waals surface area contributed by atoms with Gasteiger partial charge in [-0.15, -0.1) is 6.58 Å². The zero-order valence-corrected chi connectivity index (χ0v) is 13.4. The molecule has 0 aliphatic heterocycles. The first-order chi connectivity index (χ1) is 9.27. The molecule has 0 aliphatic carbocycles. The third-order valence-corrected chi connectivity index (χ3v) is 5.10. The predicted octanol–water partition coefficient (Wildman–Crippen LogP) is 3.90. The molecule has 20 heavy (non-hydrogen) atoms. The normalized spacial score (nSPS) is 16.4. The zero-order chi connectivity index (χ0) is 15.3. The molecule has 0 saturated heterocycles. The summed E-state index contributed by atoms with van der Waals surface area (Å²) in [7, 11) is -1.61. The van der Waals surface area contributed by atoms with Gasteiger partial charge in [-0.2, -0.15) is 0 Å². The van der Waals surface area contributed by atoms with Crippen molar-refractivity contribution in [2.24, 2.45) is 0 Å². The van der Waals surface area contributed by atoms with Gasteiger partial charge < -0.3 is 5.11 Å². The summed E-state index contributed by atoms with van der Waals surface area (Å²) in [5.41, 5.74) is 1.02. The summed E-state index contributed by atoms with van der Waals surface area (Å²) in [5.74, 6) is 0. The smallest absolute Gasteiger partial charge is 0.284 e. The molecular weight excluding hydrogens is 322 g/mol. The van der Waals surface area contributed by atoms with Gasteiger partial charge in [0.2, 0.25) is 0 Å². The standard InChI is InChI=1S/C14H17Cl2FO2S/c1-3-4-5-12(13(18)14(15,16)17)20(19)11-8-6-10(2)7-9-11/h3,6-9,12-13,18H,1,4-5H2,2H3/t12-,13-,20-/m0/s1. The SMILES string of the molecule is C=CCC[C@@H]([C@H](O)C(F)(Cl)Cl)[S@@](=O)c1ccc(C)cc1. The van der Waals surface area contributed by atoms with Crippen molar-refractivity contribution in [3.8, 4) is 0 Å². The van der Waals surface area contributed by atoms with Crippen LogP contribution in [0.2, 0.25) is 0 Å². The number of hydrogen-bond acceptors (Lipinski definition) is 2. The molecule has 0 aromatic heterocycles. The van der Waals surface area contributed by atoms with Crippen molar-refractivity contribution in [1.29, 1.82) is 0 Å². The summed E-state index contributed by atoms with van der Waals surface area (Å²) < 4.78 is 23.2. The topological polar surface area (TPSA) is 37.3 Å². The Morgan fingerprint density at radius 3 is 2.45 bits per heavy atom. The molecule has 0 radical (unpaired) electrons. The van der Waals surface area contributed by atoms with Gasteiger partial charge in [0.15, 0.2) is 0 Å². The molecule has 6 heteroatoms. The van der Waals surface area contributed by atoms with E-state index in [0.29, 0.717) is 11.3 Å². The molecule has 0 bridgehead atoms. The van der Waals surface area contributed by atoms with Crippen LogP contribution in [0.5, 0.6) is 0 Å². The van der Waals surface area contributed by atoms with Crippen molar-refractivity contribution in [3.05, 3.63) is 42.5 Å². The van der Waals surface area contributed by atoms with E-state index in [4.69, 9.17) is 23.2 Å². The monoisotopic (exact) mass is 338 g/mol. The molecule has 1 aromatic carbocycles. The van der Waals surface area contributed by atoms with Crippen LogP contribution < -0.4 is 0 Å². The summed E-state index contributed by atoms with van der Waals surface area (Å²) >= 11 is 10.6. The number of hydrogen-bond donors (Lipinski definition) is 1. The second kappa shape index (κ2) is 7.55. The van der Waals surface area contributed by atoms with E-state index in [0.717, 1.165) is 5.56 Å². The third-order valence-electron chi connectivity index (χ3n) is 2.87. The number of benzene rings is 1. The molecule has 0 unspecified atom stereocenters. The molecule has 1 rings (SSSR count). The highest BCUT2D eigenvalue weighted by Crippen LogP contribution is 2.33. The van der Waals surface area contributed by atoms with Gasteiger partial charge in [0.1, 0.15) is 6.10 Å². The minimum Gasteiger partial charge on any atom is -0.386 e. The fraction of sp³-hybridized carbons (Fsp3) is 0.429. The fourth-order valence-electron chi connectivity index (χ4n) is 1.72. The maximum atomic E-state index is 13.5. The van der Waals surface area contributed by atoms with E-state index in [2.05, 4.69) is 6.58 Å². The van der Waals surface area contributed by atoms with Gasteiger partial charge in [-0.3, -0.25) is 4.21 Å². The molecule has 0 fully saturated rings. The van der Waals surface area contributed by atoms with Crippen molar-refractivity contribution in [1.82, 2.24) is 0 Å². The van der Waals surface area contributed by atoms with E-state index < -0.39 is 26.7 Å². The Bertz CT molecular complexity index is 471. The molecule has 0 spiro atoms. The number of aliphatic hydroxyl groups excluding tert-OH is 1. The molecule has 0 saturated carbocycles. The first-order valence-corrected chi connectivity index (χ1v) is 8.07. The Hall–Kier alpha value is -0.420. The molecule has 112 valence electrons. The van der Waals surface area contributed by atoms with Crippen LogP contribution in [0.3, 0.4) is 0 Å². The van der Waals surface area contributed by atoms with E-state index in [9.17, 15) is 13.7 Å². The second-order valence-electron chi connectivity index (χ2n) is 4.50. The molecule has 2 nitrogen and oxygen atoms in total. The van der Waals surface area contributed by atoms with Crippen LogP contribution in [-0.4, -0.2) is 25.3 Å². The third kappa shape index (κ3) is 4.85. The molecule has 0 heterocycles. The van der Waals surface area contributed by atoms with Crippen LogP contribution in [0.25, 0.3) is 0 Å². The zero-order valence-electron chi connectivity index (χ0n) is 11.1. The predicted molar refractivity (Wildman–Crippen MR) is 82.4 cm³/mol. The Balaban J connectivity index is 3.00. The van der Waals surface area contributed by atoms with Crippen LogP contribution >= 0.6 is 23.2 Å². The van der Waals surface area contributed by atoms with Crippen molar-refractivity contribution >= 4 is 34.0 Å². The highest BCUT2D eigenvalue weighted by atomic mass is 35.5. The summed E-state index contributed by atoms with van der Waals surface area (Å²) in [6.45, 7) is 5.46. The van der Waals surface area contributed by atoms with E-state index in [-0.39, 0.29) is 6.42 Å². The van der Waals surface area contributed by atoms with Gasteiger partial charge in [0.25, 0.3) is 4.59 Å². The molecule has 3 atom stereocenters. The van der Waals surface area contributed by atoms with Gasteiger partial charge in [0.05, 0.1) is 16.0 Å². The van der Waals surface area contributed by atoms with Crippen molar-refractivity contribution in [3.63, 3.8) is 0 Å². The van der Waals surface area contributed by atoms with Crippen LogP contribution in [0.1, 0.15) is 18.4 Å². The molecule has 1 aromatic rings. The highest BCUT2D eigenvalue weighted by Gasteiger charge is 2.41. The number of aryl methyl sites for hydroxylation is 1. The first kappa shape index (κ1) is 17.6. The summed E-state index contributed by atoms with van der Waals surface area (Å²) in [6.07, 6.45) is 0.612. The van der Waals surface area contributed by atoms with Crippen LogP contribution in [-0.2, 0) is 10.8 Å². The quantitative estimate of drug-likeness (QED) is 0.604. The number of halogens is 3. The van der Waals surface area contributed by atoms with Crippen molar-refractivity contribution < 1.29 is 13.7 Å². The number of allylic oxidation sites excluding steroid dienone is 1. The molecule has 1 N–H and O–H groups in total. The van der Waals surface area contributed by atoms with Crippen LogP contribution in [0, 0.1) is 6.92 Å². The molecule has 0 aliphatic rings. The largest absolute Gasteiger partial charge is 0.386 e. The van der Waals surface area contributed by atoms with Crippen LogP contribution in [0.4, 0.5) is 4.39 Å². The average molecular weight is 339 g/mol. The van der Waals surface area contributed by atoms with Gasteiger partial charge >= 0.3 is 0 Å². The maximum Gasteiger partial charge on any atom is 0.284 e. The molecular formula is C14H17Cl2FO2S. The number of alkyl halides is 3. The van der Waals surface area contributed by atoms with E-state index in [1.807, 2.05) is 6.92 Å². The van der Waals surface area contributed by atoms with E-state index in [1.54, 1.807) is 30.3 Å². The lowest BCUT2D eigenvalue weighted by atomic mass is 10.1. The highest BCUT2D eigenvalue weighted by molar-refractivity contribution is 7.85. The second-order valence-corrected chi connectivity index (χ2v) is 7.47. The lowest BCUT2D eigenvalue weighted by Gasteiger charge is -2.26. The summed E-state index contributed by atoms with van der Waals surface area (Å²) in [6, 6.07) is 6.96. The van der Waals surface area contributed by atoms with Gasteiger partial charge in [-0.1, -0.05) is 47.0 Å². The Morgan fingerprint density at radius 2 is 2.00 bits per heavy atom. The Kier molecular flexibility index (Phi) is 6.65. The lowest BCUT2D eigenvalue weighted by molar-refractivity contribution is 0.0920. The minimum atomic E-state index is -2.84. The van der Waals surface area contributed by atoms with Crippen molar-refractivity contribution in [2.75, 3.05) is 0 Å². The summed E-state index contributed by atoms with van der Waals surface area (Å²) in [5, 5.41) is 8.99. The first-order valence-electron chi connectivity index (χ1n) is 6.10.